The van der Waals surface area contributed by atoms with Crippen LogP contribution >= 0.6 is 11.6 Å². The highest BCUT2D eigenvalue weighted by Crippen LogP contribution is 2.29. The van der Waals surface area contributed by atoms with Gasteiger partial charge >= 0.3 is 0 Å². The van der Waals surface area contributed by atoms with Crippen LogP contribution in [0.3, 0.4) is 0 Å². The van der Waals surface area contributed by atoms with Crippen LogP contribution < -0.4 is 5.73 Å². The number of halogens is 2. The van der Waals surface area contributed by atoms with E-state index in [9.17, 15) is 4.39 Å². The number of nitrogens with two attached hydrogens (primary N) is 1. The lowest BCUT2D eigenvalue weighted by molar-refractivity contribution is 0.627. The van der Waals surface area contributed by atoms with Crippen LogP contribution in [0.4, 0.5) is 4.39 Å². The van der Waals surface area contributed by atoms with E-state index in [0.717, 1.165) is 22.3 Å². The van der Waals surface area contributed by atoms with E-state index in [1.807, 2.05) is 38.1 Å². The fourth-order valence-corrected chi connectivity index (χ4v) is 2.33. The predicted octanol–water partition coefficient (Wildman–Crippen LogP) is 4.47. The summed E-state index contributed by atoms with van der Waals surface area (Å²) >= 11 is 6.18. The average Bonchev–Trinajstić information content (AvgIpc) is 2.26. The first-order chi connectivity index (χ1) is 8.47. The molecule has 0 fully saturated rings. The lowest BCUT2D eigenvalue weighted by Gasteiger charge is -2.10. The van der Waals surface area contributed by atoms with Crippen molar-refractivity contribution < 1.29 is 4.39 Å². The zero-order chi connectivity index (χ0) is 13.3. The van der Waals surface area contributed by atoms with Gasteiger partial charge in [0.2, 0.25) is 0 Å². The lowest BCUT2D eigenvalue weighted by atomic mass is 10.00. The van der Waals surface area contributed by atoms with E-state index >= 15 is 0 Å². The molecule has 0 saturated carbocycles. The van der Waals surface area contributed by atoms with Gasteiger partial charge in [0.05, 0.1) is 0 Å². The predicted molar refractivity (Wildman–Crippen MR) is 74.2 cm³/mol. The van der Waals surface area contributed by atoms with E-state index in [1.54, 1.807) is 0 Å². The third kappa shape index (κ3) is 2.71. The van der Waals surface area contributed by atoms with Gasteiger partial charge in [-0.3, -0.25) is 0 Å². The van der Waals surface area contributed by atoms with Gasteiger partial charge in [0.15, 0.2) is 0 Å². The minimum absolute atomic E-state index is 0.110. The summed E-state index contributed by atoms with van der Waals surface area (Å²) in [5.41, 5.74) is 9.31. The topological polar surface area (TPSA) is 26.0 Å². The van der Waals surface area contributed by atoms with Crippen LogP contribution in [0.5, 0.6) is 0 Å². The Balaban J connectivity index is 2.48. The summed E-state index contributed by atoms with van der Waals surface area (Å²) in [5, 5.41) is 0.615. The minimum atomic E-state index is -0.239. The molecule has 0 saturated heterocycles. The Morgan fingerprint density at radius 2 is 1.83 bits per heavy atom. The van der Waals surface area contributed by atoms with Crippen LogP contribution in [0.2, 0.25) is 5.02 Å². The molecule has 2 aromatic rings. The zero-order valence-electron chi connectivity index (χ0n) is 10.4. The highest BCUT2D eigenvalue weighted by Gasteiger charge is 2.08. The smallest absolute Gasteiger partial charge is 0.124 e. The molecule has 0 bridgehead atoms. The molecule has 0 heterocycles. The first-order valence-corrected chi connectivity index (χ1v) is 6.18. The Morgan fingerprint density at radius 3 is 2.39 bits per heavy atom. The molecule has 3 heteroatoms. The first-order valence-electron chi connectivity index (χ1n) is 5.80. The number of aryl methyl sites for hydroxylation is 1. The van der Waals surface area contributed by atoms with Crippen LogP contribution in [0.1, 0.15) is 24.1 Å². The minimum Gasteiger partial charge on any atom is -0.324 e. The van der Waals surface area contributed by atoms with Crippen molar-refractivity contribution in [1.29, 1.82) is 0 Å². The second-order valence-electron chi connectivity index (χ2n) is 4.54. The summed E-state index contributed by atoms with van der Waals surface area (Å²) in [6.07, 6.45) is 0. The fourth-order valence-electron chi connectivity index (χ4n) is 1.98. The molecule has 1 atom stereocenters. The Labute approximate surface area is 111 Å². The molecule has 0 aromatic heterocycles. The van der Waals surface area contributed by atoms with Crippen molar-refractivity contribution in [1.82, 2.24) is 0 Å². The van der Waals surface area contributed by atoms with E-state index in [1.165, 1.54) is 12.1 Å². The fraction of sp³-hybridized carbons (Fsp3) is 0.200. The summed E-state index contributed by atoms with van der Waals surface area (Å²) in [6.45, 7) is 3.75. The molecule has 0 amide bonds. The van der Waals surface area contributed by atoms with Gasteiger partial charge in [-0.15, -0.1) is 0 Å². The molecule has 1 nitrogen and oxygen atoms in total. The van der Waals surface area contributed by atoms with E-state index in [4.69, 9.17) is 17.3 Å². The maximum absolute atomic E-state index is 13.4. The summed E-state index contributed by atoms with van der Waals surface area (Å²) in [6, 6.07) is 10.5. The molecule has 2 aromatic carbocycles. The maximum atomic E-state index is 13.4. The summed E-state index contributed by atoms with van der Waals surface area (Å²) in [5.74, 6) is -0.239. The standard InChI is InChI=1S/C15H15ClFN/c1-9-5-12(7-13(17)6-9)11-3-4-14(10(2)18)15(16)8-11/h3-8,10H,18H2,1-2H3. The van der Waals surface area contributed by atoms with Crippen LogP contribution in [-0.2, 0) is 0 Å². The van der Waals surface area contributed by atoms with Crippen molar-refractivity contribution in [3.8, 4) is 11.1 Å². The average molecular weight is 264 g/mol. The zero-order valence-corrected chi connectivity index (χ0v) is 11.1. The second-order valence-corrected chi connectivity index (χ2v) is 4.95. The molecule has 0 aliphatic heterocycles. The van der Waals surface area contributed by atoms with E-state index in [-0.39, 0.29) is 11.9 Å². The van der Waals surface area contributed by atoms with Gasteiger partial charge in [-0.25, -0.2) is 4.39 Å². The molecule has 1 unspecified atom stereocenters. The maximum Gasteiger partial charge on any atom is 0.124 e. The molecular formula is C15H15ClFN. The van der Waals surface area contributed by atoms with Gasteiger partial charge < -0.3 is 5.73 Å². The Kier molecular flexibility index (Phi) is 3.69. The Morgan fingerprint density at radius 1 is 1.11 bits per heavy atom. The third-order valence-electron chi connectivity index (χ3n) is 2.87. The largest absolute Gasteiger partial charge is 0.324 e. The molecular weight excluding hydrogens is 249 g/mol. The van der Waals surface area contributed by atoms with E-state index in [0.29, 0.717) is 5.02 Å². The van der Waals surface area contributed by atoms with Crippen molar-refractivity contribution in [2.75, 3.05) is 0 Å². The van der Waals surface area contributed by atoms with E-state index in [2.05, 4.69) is 0 Å². The Hall–Kier alpha value is -1.38. The summed E-state index contributed by atoms with van der Waals surface area (Å²) < 4.78 is 13.4. The van der Waals surface area contributed by atoms with Gasteiger partial charge in [-0.05, 0) is 54.3 Å². The van der Waals surface area contributed by atoms with Gasteiger partial charge in [-0.1, -0.05) is 29.8 Å². The van der Waals surface area contributed by atoms with Crippen LogP contribution in [0.25, 0.3) is 11.1 Å². The van der Waals surface area contributed by atoms with Crippen molar-refractivity contribution in [2.24, 2.45) is 5.73 Å². The van der Waals surface area contributed by atoms with Gasteiger partial charge in [0.1, 0.15) is 5.82 Å². The molecule has 18 heavy (non-hydrogen) atoms. The van der Waals surface area contributed by atoms with E-state index < -0.39 is 0 Å². The summed E-state index contributed by atoms with van der Waals surface area (Å²) in [4.78, 5) is 0. The van der Waals surface area contributed by atoms with Crippen LogP contribution in [0.15, 0.2) is 36.4 Å². The van der Waals surface area contributed by atoms with Gasteiger partial charge in [0, 0.05) is 11.1 Å². The second kappa shape index (κ2) is 5.09. The molecule has 0 radical (unpaired) electrons. The van der Waals surface area contributed by atoms with Crippen molar-refractivity contribution in [2.45, 2.75) is 19.9 Å². The molecule has 0 aliphatic carbocycles. The molecule has 94 valence electrons. The number of hydrogen-bond donors (Lipinski definition) is 1. The monoisotopic (exact) mass is 263 g/mol. The van der Waals surface area contributed by atoms with Crippen molar-refractivity contribution in [3.05, 3.63) is 58.4 Å². The van der Waals surface area contributed by atoms with Crippen molar-refractivity contribution in [3.63, 3.8) is 0 Å². The van der Waals surface area contributed by atoms with Crippen molar-refractivity contribution >= 4 is 11.6 Å². The normalized spacial score (nSPS) is 12.5. The number of hydrogen-bond acceptors (Lipinski definition) is 1. The molecule has 0 spiro atoms. The molecule has 2 rings (SSSR count). The number of rotatable bonds is 2. The van der Waals surface area contributed by atoms with Gasteiger partial charge in [-0.2, -0.15) is 0 Å². The highest BCUT2D eigenvalue weighted by molar-refractivity contribution is 6.31. The summed E-state index contributed by atoms with van der Waals surface area (Å²) in [7, 11) is 0. The van der Waals surface area contributed by atoms with Crippen LogP contribution in [0, 0.1) is 12.7 Å². The highest BCUT2D eigenvalue weighted by atomic mass is 35.5. The Bertz CT molecular complexity index is 558. The molecule has 2 N–H and O–H groups in total. The van der Waals surface area contributed by atoms with Gasteiger partial charge in [0.25, 0.3) is 0 Å². The quantitative estimate of drug-likeness (QED) is 0.850. The number of benzene rings is 2. The van der Waals surface area contributed by atoms with Crippen LogP contribution in [-0.4, -0.2) is 0 Å². The molecule has 0 aliphatic rings. The third-order valence-corrected chi connectivity index (χ3v) is 3.19. The SMILES string of the molecule is Cc1cc(F)cc(-c2ccc(C(C)N)c(Cl)c2)c1. The lowest BCUT2D eigenvalue weighted by Crippen LogP contribution is -2.05. The first kappa shape index (κ1) is 13.1.